The number of rotatable bonds is 2. The van der Waals surface area contributed by atoms with Gasteiger partial charge in [-0.05, 0) is 68.0 Å². The minimum Gasteiger partial charge on any atom is -0.444 e. The highest BCUT2D eigenvalue weighted by Crippen LogP contribution is 2.27. The number of hydrogen-bond acceptors (Lipinski definition) is 4. The largest absolute Gasteiger partial charge is 0.444 e. The summed E-state index contributed by atoms with van der Waals surface area (Å²) < 4.78 is 6.46. The second-order valence-corrected chi connectivity index (χ2v) is 7.96. The van der Waals surface area contributed by atoms with Gasteiger partial charge in [0, 0.05) is 41.0 Å². The van der Waals surface area contributed by atoms with Crippen molar-refractivity contribution in [1.82, 2.24) is 4.90 Å². The van der Waals surface area contributed by atoms with Crippen molar-refractivity contribution in [3.8, 4) is 0 Å². The predicted molar refractivity (Wildman–Crippen MR) is 99.3 cm³/mol. The number of amides is 1. The third-order valence-electron chi connectivity index (χ3n) is 3.78. The quantitative estimate of drug-likeness (QED) is 0.533. The summed E-state index contributed by atoms with van der Waals surface area (Å²) in [5.74, 6) is 0. The Labute approximate surface area is 151 Å². The topological polar surface area (TPSA) is 49.9 Å². The van der Waals surface area contributed by atoms with Gasteiger partial charge in [0.1, 0.15) is 11.9 Å². The average Bonchev–Trinajstić information content (AvgIpc) is 2.47. The van der Waals surface area contributed by atoms with E-state index in [0.29, 0.717) is 13.1 Å². The molecule has 0 N–H and O–H groups in total. The van der Waals surface area contributed by atoms with Gasteiger partial charge in [-0.1, -0.05) is 0 Å². The minimum absolute atomic E-state index is 0.259. The van der Waals surface area contributed by atoms with Crippen molar-refractivity contribution in [2.75, 3.05) is 31.1 Å². The van der Waals surface area contributed by atoms with Crippen LogP contribution >= 0.6 is 22.6 Å². The van der Waals surface area contributed by atoms with E-state index in [1.807, 2.05) is 33.8 Å². The lowest BCUT2D eigenvalue weighted by molar-refractivity contribution is 0.0240. The zero-order valence-corrected chi connectivity index (χ0v) is 16.2. The molecule has 0 saturated carbocycles. The van der Waals surface area contributed by atoms with E-state index in [1.54, 1.807) is 4.90 Å². The van der Waals surface area contributed by atoms with Crippen LogP contribution in [-0.4, -0.2) is 49.1 Å². The third-order valence-corrected chi connectivity index (χ3v) is 4.41. The molecule has 0 radical (unpaired) electrons. The van der Waals surface area contributed by atoms with E-state index >= 15 is 0 Å². The summed E-state index contributed by atoms with van der Waals surface area (Å²) in [5.41, 5.74) is 2.31. The Bertz CT molecular complexity index is 603. The average molecular weight is 430 g/mol. The molecule has 2 rings (SSSR count). The van der Waals surface area contributed by atoms with Crippen molar-refractivity contribution in [3.63, 3.8) is 0 Å². The first-order valence-electron chi connectivity index (χ1n) is 7.69. The molecule has 1 amide bonds. The summed E-state index contributed by atoms with van der Waals surface area (Å²) in [7, 11) is 0. The first-order valence-corrected chi connectivity index (χ1v) is 8.77. The highest BCUT2D eigenvalue weighted by Gasteiger charge is 2.26. The SMILES string of the molecule is Cc1c(C=O)cc(I)cc1N1CCN(C(=O)OC(C)(C)C)CC1. The van der Waals surface area contributed by atoms with Gasteiger partial charge in [-0.15, -0.1) is 0 Å². The number of nitrogens with zero attached hydrogens (tertiary/aromatic N) is 2. The molecule has 1 aliphatic rings. The number of piperazine rings is 1. The molecule has 23 heavy (non-hydrogen) atoms. The Morgan fingerprint density at radius 2 is 1.83 bits per heavy atom. The Balaban J connectivity index is 2.06. The standard InChI is InChI=1S/C17H23IN2O3/c1-12-13(11-21)9-14(18)10-15(12)19-5-7-20(8-6-19)16(22)23-17(2,3)4/h9-11H,5-8H2,1-4H3. The van der Waals surface area contributed by atoms with Gasteiger partial charge >= 0.3 is 6.09 Å². The predicted octanol–water partition coefficient (Wildman–Crippen LogP) is 3.47. The summed E-state index contributed by atoms with van der Waals surface area (Å²) in [5, 5.41) is 0. The van der Waals surface area contributed by atoms with Crippen LogP contribution in [-0.2, 0) is 4.74 Å². The van der Waals surface area contributed by atoms with Gasteiger partial charge in [0.2, 0.25) is 0 Å². The molecular formula is C17H23IN2O3. The summed E-state index contributed by atoms with van der Waals surface area (Å²) in [4.78, 5) is 27.3. The zero-order valence-electron chi connectivity index (χ0n) is 14.1. The fraction of sp³-hybridized carbons (Fsp3) is 0.529. The molecule has 126 valence electrons. The van der Waals surface area contributed by atoms with Gasteiger partial charge in [-0.25, -0.2) is 4.79 Å². The number of carbonyl (C=O) groups excluding carboxylic acids is 2. The van der Waals surface area contributed by atoms with Crippen molar-refractivity contribution >= 4 is 40.7 Å². The van der Waals surface area contributed by atoms with Gasteiger partial charge in [0.05, 0.1) is 0 Å². The molecule has 0 spiro atoms. The molecule has 0 aromatic heterocycles. The molecule has 0 aliphatic carbocycles. The van der Waals surface area contributed by atoms with E-state index < -0.39 is 5.60 Å². The van der Waals surface area contributed by atoms with Crippen LogP contribution in [0.25, 0.3) is 0 Å². The first kappa shape index (κ1) is 18.0. The molecular weight excluding hydrogens is 407 g/mol. The van der Waals surface area contributed by atoms with Crippen molar-refractivity contribution in [1.29, 1.82) is 0 Å². The van der Waals surface area contributed by atoms with E-state index in [2.05, 4.69) is 33.6 Å². The monoisotopic (exact) mass is 430 g/mol. The van der Waals surface area contributed by atoms with Gasteiger partial charge in [-0.3, -0.25) is 4.79 Å². The number of carbonyl (C=O) groups is 2. The highest BCUT2D eigenvalue weighted by atomic mass is 127. The van der Waals surface area contributed by atoms with Gasteiger partial charge in [0.15, 0.2) is 0 Å². The van der Waals surface area contributed by atoms with Gasteiger partial charge in [-0.2, -0.15) is 0 Å². The van der Waals surface area contributed by atoms with Crippen LogP contribution in [0.15, 0.2) is 12.1 Å². The van der Waals surface area contributed by atoms with Crippen LogP contribution in [0.4, 0.5) is 10.5 Å². The Morgan fingerprint density at radius 1 is 1.22 bits per heavy atom. The minimum atomic E-state index is -0.473. The Kier molecular flexibility index (Phi) is 5.54. The number of aldehydes is 1. The fourth-order valence-electron chi connectivity index (χ4n) is 2.59. The molecule has 1 aromatic rings. The number of ether oxygens (including phenoxy) is 1. The highest BCUT2D eigenvalue weighted by molar-refractivity contribution is 14.1. The van der Waals surface area contributed by atoms with Crippen LogP contribution in [0.3, 0.4) is 0 Å². The third kappa shape index (κ3) is 4.59. The molecule has 0 atom stereocenters. The first-order chi connectivity index (χ1) is 10.7. The van der Waals surface area contributed by atoms with Crippen LogP contribution < -0.4 is 4.90 Å². The van der Waals surface area contributed by atoms with E-state index in [0.717, 1.165) is 39.8 Å². The second-order valence-electron chi connectivity index (χ2n) is 6.71. The van der Waals surface area contributed by atoms with Crippen molar-refractivity contribution in [2.45, 2.75) is 33.3 Å². The van der Waals surface area contributed by atoms with E-state index in [4.69, 9.17) is 4.74 Å². The van der Waals surface area contributed by atoms with Crippen molar-refractivity contribution in [3.05, 3.63) is 26.8 Å². The molecule has 0 unspecified atom stereocenters. The fourth-order valence-corrected chi connectivity index (χ4v) is 3.22. The second kappa shape index (κ2) is 7.07. The maximum absolute atomic E-state index is 12.1. The molecule has 1 fully saturated rings. The van der Waals surface area contributed by atoms with Gasteiger partial charge < -0.3 is 14.5 Å². The van der Waals surface area contributed by atoms with Gasteiger partial charge in [0.25, 0.3) is 0 Å². The molecule has 1 aromatic carbocycles. The maximum Gasteiger partial charge on any atom is 0.410 e. The maximum atomic E-state index is 12.1. The summed E-state index contributed by atoms with van der Waals surface area (Å²) >= 11 is 2.23. The Morgan fingerprint density at radius 3 is 2.35 bits per heavy atom. The lowest BCUT2D eigenvalue weighted by Crippen LogP contribution is -2.50. The van der Waals surface area contributed by atoms with Crippen LogP contribution in [0.5, 0.6) is 0 Å². The van der Waals surface area contributed by atoms with E-state index in [-0.39, 0.29) is 6.09 Å². The molecule has 6 heteroatoms. The van der Waals surface area contributed by atoms with Crippen LogP contribution in [0.1, 0.15) is 36.7 Å². The Hall–Kier alpha value is -1.31. The lowest BCUT2D eigenvalue weighted by Gasteiger charge is -2.37. The number of halogens is 1. The smallest absolute Gasteiger partial charge is 0.410 e. The number of anilines is 1. The van der Waals surface area contributed by atoms with Crippen LogP contribution in [0, 0.1) is 10.5 Å². The number of hydrogen-bond donors (Lipinski definition) is 0. The zero-order chi connectivity index (χ0) is 17.2. The molecule has 0 bridgehead atoms. The van der Waals surface area contributed by atoms with Crippen LogP contribution in [0.2, 0.25) is 0 Å². The number of benzene rings is 1. The van der Waals surface area contributed by atoms with E-state index in [9.17, 15) is 9.59 Å². The summed E-state index contributed by atoms with van der Waals surface area (Å²) in [6.45, 7) is 10.3. The van der Waals surface area contributed by atoms with E-state index in [1.165, 1.54) is 0 Å². The summed E-state index contributed by atoms with van der Waals surface area (Å²) in [6.07, 6.45) is 0.642. The normalized spacial score (nSPS) is 15.5. The molecule has 1 aliphatic heterocycles. The van der Waals surface area contributed by atoms with Crippen molar-refractivity contribution in [2.24, 2.45) is 0 Å². The lowest BCUT2D eigenvalue weighted by atomic mass is 10.1. The molecule has 1 heterocycles. The summed E-state index contributed by atoms with van der Waals surface area (Å²) in [6, 6.07) is 3.98. The molecule has 5 nitrogen and oxygen atoms in total. The van der Waals surface area contributed by atoms with Crippen molar-refractivity contribution < 1.29 is 14.3 Å². The molecule has 1 saturated heterocycles.